The van der Waals surface area contributed by atoms with Gasteiger partial charge in [0.15, 0.2) is 0 Å². The third-order valence-electron chi connectivity index (χ3n) is 4.64. The molecule has 3 atom stereocenters. The van der Waals surface area contributed by atoms with E-state index in [1.165, 1.54) is 0 Å². The van der Waals surface area contributed by atoms with E-state index in [0.717, 1.165) is 34.8 Å². The van der Waals surface area contributed by atoms with E-state index in [9.17, 15) is 0 Å². The Morgan fingerprint density at radius 2 is 2.10 bits per heavy atom. The topological polar surface area (TPSA) is 38.3 Å². The molecule has 1 saturated carbocycles. The molecule has 1 aromatic carbocycles. The summed E-state index contributed by atoms with van der Waals surface area (Å²) in [6.07, 6.45) is 1.77. The summed E-state index contributed by atoms with van der Waals surface area (Å²) in [6.45, 7) is 9.33. The minimum absolute atomic E-state index is 0.535. The Hall–Kier alpha value is -1.87. The maximum Gasteiger partial charge on any atom is 0.210 e. The Bertz CT molecular complexity index is 735. The van der Waals surface area contributed by atoms with Gasteiger partial charge in [0.05, 0.1) is 12.3 Å². The number of piperidine rings is 1. The fourth-order valence-corrected chi connectivity index (χ4v) is 4.20. The Morgan fingerprint density at radius 3 is 2.71 bits per heavy atom. The van der Waals surface area contributed by atoms with Crippen molar-refractivity contribution in [2.75, 3.05) is 18.0 Å². The summed E-state index contributed by atoms with van der Waals surface area (Å²) >= 11 is 3.59. The van der Waals surface area contributed by atoms with Crippen molar-refractivity contribution >= 4 is 27.3 Å². The van der Waals surface area contributed by atoms with Crippen molar-refractivity contribution in [2.24, 2.45) is 18.9 Å². The van der Waals surface area contributed by atoms with Crippen molar-refractivity contribution in [1.82, 2.24) is 14.8 Å². The van der Waals surface area contributed by atoms with Gasteiger partial charge in [0.2, 0.25) is 5.69 Å². The van der Waals surface area contributed by atoms with Crippen LogP contribution in [0.25, 0.3) is 4.85 Å². The zero-order chi connectivity index (χ0) is 14.6. The molecule has 106 valence electrons. The standard InChI is InChI=1S/C15H14BrN5/c1-17-12-5-3-4-11(16)14(12)21-6-9-10(7-21)13(9)15-19-18-8-20(15)2/h3-5,8-10,13H,6-7H2,2H3/t9-,10?,13?/m1/s1. The molecule has 2 fully saturated rings. The monoisotopic (exact) mass is 343 g/mol. The number of halogens is 1. The van der Waals surface area contributed by atoms with E-state index in [4.69, 9.17) is 6.57 Å². The lowest BCUT2D eigenvalue weighted by Gasteiger charge is -2.24. The molecule has 2 heterocycles. The first-order valence-corrected chi connectivity index (χ1v) is 7.75. The third kappa shape index (κ3) is 1.88. The number of benzene rings is 1. The highest BCUT2D eigenvalue weighted by Gasteiger charge is 2.58. The van der Waals surface area contributed by atoms with E-state index in [0.29, 0.717) is 17.8 Å². The molecule has 1 aliphatic heterocycles. The van der Waals surface area contributed by atoms with Crippen LogP contribution in [0.5, 0.6) is 0 Å². The Balaban J connectivity index is 1.57. The molecule has 2 aromatic rings. The highest BCUT2D eigenvalue weighted by Crippen LogP contribution is 2.59. The highest BCUT2D eigenvalue weighted by molar-refractivity contribution is 9.10. The average molecular weight is 344 g/mol. The smallest absolute Gasteiger partial charge is 0.210 e. The second-order valence-corrected chi connectivity index (χ2v) is 6.63. The van der Waals surface area contributed by atoms with Crippen LogP contribution in [0.2, 0.25) is 0 Å². The summed E-state index contributed by atoms with van der Waals surface area (Å²) < 4.78 is 3.03. The quantitative estimate of drug-likeness (QED) is 0.787. The zero-order valence-corrected chi connectivity index (χ0v) is 13.2. The number of aromatic nitrogens is 3. The molecule has 1 saturated heterocycles. The molecule has 21 heavy (non-hydrogen) atoms. The van der Waals surface area contributed by atoms with Crippen LogP contribution in [0, 0.1) is 18.4 Å². The lowest BCUT2D eigenvalue weighted by molar-refractivity contribution is 0.684. The van der Waals surface area contributed by atoms with Crippen LogP contribution in [0.15, 0.2) is 29.0 Å². The summed E-state index contributed by atoms with van der Waals surface area (Å²) in [4.78, 5) is 5.98. The molecule has 1 aliphatic carbocycles. The first-order valence-electron chi connectivity index (χ1n) is 6.95. The third-order valence-corrected chi connectivity index (χ3v) is 5.28. The fourth-order valence-electron chi connectivity index (χ4n) is 3.59. The van der Waals surface area contributed by atoms with Crippen molar-refractivity contribution in [3.8, 4) is 0 Å². The number of nitrogens with zero attached hydrogens (tertiary/aromatic N) is 5. The molecule has 2 unspecified atom stereocenters. The van der Waals surface area contributed by atoms with Gasteiger partial charge in [0.1, 0.15) is 12.2 Å². The number of hydrogen-bond donors (Lipinski definition) is 0. The van der Waals surface area contributed by atoms with E-state index in [2.05, 4.69) is 35.9 Å². The first-order chi connectivity index (χ1) is 10.2. The largest absolute Gasteiger partial charge is 0.379 e. The van der Waals surface area contributed by atoms with Crippen molar-refractivity contribution in [2.45, 2.75) is 5.92 Å². The lowest BCUT2D eigenvalue weighted by atomic mass is 10.2. The van der Waals surface area contributed by atoms with Gasteiger partial charge in [0, 0.05) is 30.5 Å². The number of aryl methyl sites for hydroxylation is 1. The second kappa shape index (κ2) is 4.57. The first kappa shape index (κ1) is 12.8. The van der Waals surface area contributed by atoms with Crippen molar-refractivity contribution in [1.29, 1.82) is 0 Å². The van der Waals surface area contributed by atoms with Crippen LogP contribution in [-0.4, -0.2) is 27.9 Å². The van der Waals surface area contributed by atoms with Crippen LogP contribution >= 0.6 is 15.9 Å². The van der Waals surface area contributed by atoms with E-state index < -0.39 is 0 Å². The Kier molecular flexibility index (Phi) is 2.79. The van der Waals surface area contributed by atoms with Crippen LogP contribution < -0.4 is 4.90 Å². The summed E-state index contributed by atoms with van der Waals surface area (Å²) in [5.74, 6) is 2.91. The maximum absolute atomic E-state index is 7.34. The maximum atomic E-state index is 7.34. The van der Waals surface area contributed by atoms with E-state index in [-0.39, 0.29) is 0 Å². The minimum Gasteiger partial charge on any atom is -0.379 e. The molecule has 2 aliphatic rings. The van der Waals surface area contributed by atoms with Gasteiger partial charge < -0.3 is 9.47 Å². The second-order valence-electron chi connectivity index (χ2n) is 5.78. The molecule has 5 nitrogen and oxygen atoms in total. The van der Waals surface area contributed by atoms with Crippen LogP contribution in [0.1, 0.15) is 11.7 Å². The highest BCUT2D eigenvalue weighted by atomic mass is 79.9. The zero-order valence-electron chi connectivity index (χ0n) is 11.6. The molecule has 1 aromatic heterocycles. The Labute approximate surface area is 131 Å². The van der Waals surface area contributed by atoms with Gasteiger partial charge in [-0.05, 0) is 17.9 Å². The van der Waals surface area contributed by atoms with Gasteiger partial charge in [-0.1, -0.05) is 28.1 Å². The number of rotatable bonds is 2. The van der Waals surface area contributed by atoms with Crippen molar-refractivity contribution in [3.05, 3.63) is 46.2 Å². The number of hydrogen-bond acceptors (Lipinski definition) is 3. The SMILES string of the molecule is [C-]#[N+]c1cccc(Br)c1N1CC2C(c3nncn3C)[C@@H]2C1. The van der Waals surface area contributed by atoms with E-state index in [1.807, 2.05) is 29.8 Å². The molecular formula is C15H14BrN5. The van der Waals surface area contributed by atoms with Gasteiger partial charge in [-0.15, -0.1) is 10.2 Å². The van der Waals surface area contributed by atoms with Crippen molar-refractivity contribution in [3.63, 3.8) is 0 Å². The molecule has 0 spiro atoms. The van der Waals surface area contributed by atoms with Crippen molar-refractivity contribution < 1.29 is 0 Å². The Morgan fingerprint density at radius 1 is 1.33 bits per heavy atom. The normalized spacial score (nSPS) is 26.5. The number of para-hydroxylation sites is 1. The fraction of sp³-hybridized carbons (Fsp3) is 0.400. The molecule has 0 bridgehead atoms. The molecule has 0 N–H and O–H groups in total. The van der Waals surface area contributed by atoms with E-state index >= 15 is 0 Å². The lowest BCUT2D eigenvalue weighted by Crippen LogP contribution is -2.24. The molecule has 0 radical (unpaired) electrons. The van der Waals surface area contributed by atoms with Gasteiger partial charge in [-0.2, -0.15) is 0 Å². The molecule has 6 heteroatoms. The molecule has 4 rings (SSSR count). The van der Waals surface area contributed by atoms with Crippen LogP contribution in [0.4, 0.5) is 11.4 Å². The number of fused-ring (bicyclic) bond motifs is 1. The average Bonchev–Trinajstić information content (AvgIpc) is 2.84. The summed E-state index contributed by atoms with van der Waals surface area (Å²) in [5.41, 5.74) is 1.76. The van der Waals surface area contributed by atoms with Gasteiger partial charge >= 0.3 is 0 Å². The summed E-state index contributed by atoms with van der Waals surface area (Å²) in [7, 11) is 2.01. The van der Waals surface area contributed by atoms with E-state index in [1.54, 1.807) is 6.33 Å². The van der Waals surface area contributed by atoms with Gasteiger partial charge in [-0.25, -0.2) is 4.85 Å². The van der Waals surface area contributed by atoms with Gasteiger partial charge in [0.25, 0.3) is 0 Å². The number of anilines is 1. The minimum atomic E-state index is 0.535. The van der Waals surface area contributed by atoms with Crippen LogP contribution in [-0.2, 0) is 7.05 Å². The summed E-state index contributed by atoms with van der Waals surface area (Å²) in [5, 5.41) is 8.23. The molecular weight excluding hydrogens is 330 g/mol. The predicted molar refractivity (Wildman–Crippen MR) is 83.3 cm³/mol. The van der Waals surface area contributed by atoms with Crippen LogP contribution in [0.3, 0.4) is 0 Å². The summed E-state index contributed by atoms with van der Waals surface area (Å²) in [6, 6.07) is 5.81. The predicted octanol–water partition coefficient (Wildman–Crippen LogP) is 2.98. The van der Waals surface area contributed by atoms with Gasteiger partial charge in [-0.3, -0.25) is 0 Å². The molecule has 0 amide bonds.